The highest BCUT2D eigenvalue weighted by molar-refractivity contribution is 6.31. The topological polar surface area (TPSA) is 95.7 Å². The number of nitrogen functional groups attached to an aromatic ring is 1. The van der Waals surface area contributed by atoms with E-state index in [0.29, 0.717) is 5.75 Å². The molecule has 6 nitrogen and oxygen atoms in total. The molecule has 32 heavy (non-hydrogen) atoms. The van der Waals surface area contributed by atoms with E-state index in [-0.39, 0.29) is 44.9 Å². The number of ketones is 2. The summed E-state index contributed by atoms with van der Waals surface area (Å²) in [7, 11) is 0. The van der Waals surface area contributed by atoms with E-state index in [9.17, 15) is 14.4 Å². The van der Waals surface area contributed by atoms with E-state index in [1.54, 1.807) is 36.4 Å². The number of nitrogens with two attached hydrogens (primary N) is 1. The predicted octanol–water partition coefficient (Wildman–Crippen LogP) is 5.06. The van der Waals surface area contributed by atoms with Crippen LogP contribution in [0.3, 0.4) is 0 Å². The van der Waals surface area contributed by atoms with Gasteiger partial charge < -0.3 is 15.2 Å². The van der Waals surface area contributed by atoms with Gasteiger partial charge in [0.05, 0.1) is 16.8 Å². The maximum atomic E-state index is 13.2. The molecule has 0 amide bonds. The maximum absolute atomic E-state index is 13.2. The molecule has 3 aromatic carbocycles. The van der Waals surface area contributed by atoms with Crippen LogP contribution in [0.25, 0.3) is 0 Å². The zero-order valence-corrected chi connectivity index (χ0v) is 18.3. The summed E-state index contributed by atoms with van der Waals surface area (Å²) in [5, 5.41) is 0. The molecule has 0 bridgehead atoms. The van der Waals surface area contributed by atoms with E-state index in [1.165, 1.54) is 13.0 Å². The van der Waals surface area contributed by atoms with Gasteiger partial charge in [-0.15, -0.1) is 0 Å². The smallest absolute Gasteiger partial charge is 0.308 e. The van der Waals surface area contributed by atoms with Crippen molar-refractivity contribution in [3.8, 4) is 17.2 Å². The third-order valence-corrected chi connectivity index (χ3v) is 5.37. The molecule has 0 spiro atoms. The summed E-state index contributed by atoms with van der Waals surface area (Å²) in [5.41, 5.74) is 7.88. The minimum atomic E-state index is -0.628. The molecule has 0 fully saturated rings. The molecule has 1 aliphatic carbocycles. The molecule has 0 unspecified atom stereocenters. The highest BCUT2D eigenvalue weighted by Gasteiger charge is 2.36. The van der Waals surface area contributed by atoms with Gasteiger partial charge in [-0.3, -0.25) is 14.4 Å². The van der Waals surface area contributed by atoms with Crippen LogP contribution in [0.2, 0.25) is 0 Å². The summed E-state index contributed by atoms with van der Waals surface area (Å²) in [4.78, 5) is 38.1. The van der Waals surface area contributed by atoms with Crippen molar-refractivity contribution in [3.63, 3.8) is 0 Å². The SMILES string of the molecule is CC(=O)Oc1cc(Oc2ccc(C(C)(C)C)cc2)c(N)c2c1C(=O)c1ccccc1C2=O. The van der Waals surface area contributed by atoms with Crippen LogP contribution in [-0.2, 0) is 10.2 Å². The molecule has 0 saturated carbocycles. The number of anilines is 1. The van der Waals surface area contributed by atoms with E-state index < -0.39 is 17.5 Å². The molecule has 0 radical (unpaired) electrons. The van der Waals surface area contributed by atoms with E-state index in [2.05, 4.69) is 20.8 Å². The average Bonchev–Trinajstić information content (AvgIpc) is 2.73. The molecular weight excluding hydrogens is 406 g/mol. The number of carbonyl (C=O) groups is 3. The Kier molecular flexibility index (Phi) is 5.09. The molecule has 162 valence electrons. The van der Waals surface area contributed by atoms with Crippen LogP contribution in [0.5, 0.6) is 17.2 Å². The quantitative estimate of drug-likeness (QED) is 0.278. The van der Waals surface area contributed by atoms with Crippen LogP contribution in [-0.4, -0.2) is 17.5 Å². The summed E-state index contributed by atoms with van der Waals surface area (Å²) in [6.07, 6.45) is 0. The summed E-state index contributed by atoms with van der Waals surface area (Å²) in [5.74, 6) is -0.918. The molecule has 0 saturated heterocycles. The van der Waals surface area contributed by atoms with Crippen LogP contribution in [0, 0.1) is 0 Å². The summed E-state index contributed by atoms with van der Waals surface area (Å²) in [6, 6.07) is 15.4. The van der Waals surface area contributed by atoms with E-state index in [1.807, 2.05) is 12.1 Å². The van der Waals surface area contributed by atoms with Crippen molar-refractivity contribution < 1.29 is 23.9 Å². The van der Waals surface area contributed by atoms with E-state index >= 15 is 0 Å². The summed E-state index contributed by atoms with van der Waals surface area (Å²) >= 11 is 0. The monoisotopic (exact) mass is 429 g/mol. The fourth-order valence-electron chi connectivity index (χ4n) is 3.73. The van der Waals surface area contributed by atoms with Gasteiger partial charge in [-0.1, -0.05) is 57.2 Å². The van der Waals surface area contributed by atoms with Crippen molar-refractivity contribution >= 4 is 23.2 Å². The molecule has 0 aliphatic heterocycles. The Morgan fingerprint density at radius 3 is 1.94 bits per heavy atom. The number of benzene rings is 3. The van der Waals surface area contributed by atoms with Crippen LogP contribution in [0.15, 0.2) is 54.6 Å². The maximum Gasteiger partial charge on any atom is 0.308 e. The largest absolute Gasteiger partial charge is 0.455 e. The van der Waals surface area contributed by atoms with Gasteiger partial charge in [0.2, 0.25) is 0 Å². The van der Waals surface area contributed by atoms with E-state index in [0.717, 1.165) is 5.56 Å². The summed E-state index contributed by atoms with van der Waals surface area (Å²) in [6.45, 7) is 7.54. The molecule has 4 rings (SSSR count). The number of fused-ring (bicyclic) bond motifs is 2. The highest BCUT2D eigenvalue weighted by Crippen LogP contribution is 2.43. The van der Waals surface area contributed by atoms with Gasteiger partial charge in [0.1, 0.15) is 11.5 Å². The molecule has 0 heterocycles. The Bertz CT molecular complexity index is 1270. The Morgan fingerprint density at radius 2 is 1.41 bits per heavy atom. The van der Waals surface area contributed by atoms with Crippen molar-refractivity contribution in [2.75, 3.05) is 5.73 Å². The van der Waals surface area contributed by atoms with Crippen LogP contribution in [0.4, 0.5) is 5.69 Å². The van der Waals surface area contributed by atoms with Gasteiger partial charge in [-0.25, -0.2) is 0 Å². The van der Waals surface area contributed by atoms with Gasteiger partial charge >= 0.3 is 5.97 Å². The van der Waals surface area contributed by atoms with Crippen LogP contribution < -0.4 is 15.2 Å². The van der Waals surface area contributed by atoms with Crippen molar-refractivity contribution in [2.45, 2.75) is 33.1 Å². The highest BCUT2D eigenvalue weighted by atomic mass is 16.5. The van der Waals surface area contributed by atoms with Gasteiger partial charge in [0, 0.05) is 24.1 Å². The fourth-order valence-corrected chi connectivity index (χ4v) is 3.73. The number of esters is 1. The Balaban J connectivity index is 1.84. The first kappa shape index (κ1) is 21.3. The molecule has 0 aromatic heterocycles. The third kappa shape index (κ3) is 3.64. The normalized spacial score (nSPS) is 12.8. The van der Waals surface area contributed by atoms with Gasteiger partial charge in [-0.2, -0.15) is 0 Å². The van der Waals surface area contributed by atoms with Crippen molar-refractivity contribution in [1.29, 1.82) is 0 Å². The predicted molar refractivity (Wildman–Crippen MR) is 121 cm³/mol. The zero-order valence-electron chi connectivity index (χ0n) is 18.3. The van der Waals surface area contributed by atoms with Crippen LogP contribution in [0.1, 0.15) is 65.1 Å². The Morgan fingerprint density at radius 1 is 0.844 bits per heavy atom. The fraction of sp³-hybridized carbons (Fsp3) is 0.192. The lowest BCUT2D eigenvalue weighted by molar-refractivity contribution is -0.131. The molecule has 2 N–H and O–H groups in total. The first-order valence-electron chi connectivity index (χ1n) is 10.2. The molecule has 3 aromatic rings. The van der Waals surface area contributed by atoms with E-state index in [4.69, 9.17) is 15.2 Å². The number of ether oxygens (including phenoxy) is 2. The Hall–Kier alpha value is -3.93. The zero-order chi connectivity index (χ0) is 23.2. The number of rotatable bonds is 3. The minimum Gasteiger partial charge on any atom is -0.455 e. The minimum absolute atomic E-state index is 0.0173. The summed E-state index contributed by atoms with van der Waals surface area (Å²) < 4.78 is 11.3. The number of hydrogen-bond donors (Lipinski definition) is 1. The van der Waals surface area contributed by atoms with Crippen molar-refractivity contribution in [2.24, 2.45) is 0 Å². The lowest BCUT2D eigenvalue weighted by atomic mass is 9.82. The lowest BCUT2D eigenvalue weighted by Crippen LogP contribution is -2.24. The number of hydrogen-bond acceptors (Lipinski definition) is 6. The molecule has 1 aliphatic rings. The first-order chi connectivity index (χ1) is 15.1. The van der Waals surface area contributed by atoms with Gasteiger partial charge in [0.25, 0.3) is 0 Å². The first-order valence-corrected chi connectivity index (χ1v) is 10.2. The molecule has 6 heteroatoms. The second kappa shape index (κ2) is 7.64. The second-order valence-electron chi connectivity index (χ2n) is 8.71. The second-order valence-corrected chi connectivity index (χ2v) is 8.71. The number of carbonyl (C=O) groups excluding carboxylic acids is 3. The average molecular weight is 429 g/mol. The van der Waals surface area contributed by atoms with Crippen molar-refractivity contribution in [3.05, 3.63) is 82.4 Å². The molecular formula is C26H23NO5. The van der Waals surface area contributed by atoms with Crippen molar-refractivity contribution in [1.82, 2.24) is 0 Å². The lowest BCUT2D eigenvalue weighted by Gasteiger charge is -2.23. The van der Waals surface area contributed by atoms with Crippen LogP contribution >= 0.6 is 0 Å². The third-order valence-electron chi connectivity index (χ3n) is 5.37. The Labute approximate surface area is 186 Å². The molecule has 0 atom stereocenters. The standard InChI is InChI=1S/C26H23NO5/c1-14(28)31-19-13-20(32-16-11-9-15(10-12-16)26(2,3)4)23(27)22-21(19)24(29)17-7-5-6-8-18(17)25(22)30/h5-13H,27H2,1-4H3. The van der Waals surface area contributed by atoms with Gasteiger partial charge in [-0.05, 0) is 23.1 Å². The van der Waals surface area contributed by atoms with Gasteiger partial charge in [0.15, 0.2) is 17.3 Å².